The van der Waals surface area contributed by atoms with E-state index < -0.39 is 17.5 Å². The maximum absolute atomic E-state index is 12.6. The zero-order valence-corrected chi connectivity index (χ0v) is 13.3. The van der Waals surface area contributed by atoms with Gasteiger partial charge >= 0.3 is 11.6 Å². The fourth-order valence-corrected chi connectivity index (χ4v) is 3.17. The van der Waals surface area contributed by atoms with E-state index in [0.29, 0.717) is 22.1 Å². The van der Waals surface area contributed by atoms with Crippen molar-refractivity contribution in [3.63, 3.8) is 0 Å². The molecule has 1 aliphatic rings. The lowest BCUT2D eigenvalue weighted by atomic mass is 9.86. The molecule has 0 bridgehead atoms. The van der Waals surface area contributed by atoms with Crippen molar-refractivity contribution in [1.82, 2.24) is 0 Å². The SMILES string of the molecule is COc1cc([C@H]2CC(=O)Oc3c2c(=O)oc2ccccc32)ccc1O. The number of carbonyl (C=O) groups excluding carboxylic acids is 1. The molecule has 3 aromatic rings. The smallest absolute Gasteiger partial charge is 0.343 e. The summed E-state index contributed by atoms with van der Waals surface area (Å²) in [6.45, 7) is 0. The molecule has 0 saturated carbocycles. The highest BCUT2D eigenvalue weighted by Crippen LogP contribution is 2.42. The Kier molecular flexibility index (Phi) is 3.46. The predicted octanol–water partition coefficient (Wildman–Crippen LogP) is 2.95. The van der Waals surface area contributed by atoms with Crippen LogP contribution in [0.15, 0.2) is 51.7 Å². The van der Waals surface area contributed by atoms with E-state index >= 15 is 0 Å². The predicted molar refractivity (Wildman–Crippen MR) is 89.2 cm³/mol. The average molecular weight is 338 g/mol. The molecule has 0 amide bonds. The number of aromatic hydroxyl groups is 1. The standard InChI is InChI=1S/C19H14O6/c1-23-15-8-10(6-7-13(15)20)12-9-16(21)25-18-11-4-2-3-5-14(11)24-19(22)17(12)18/h2-8,12,20H,9H2,1H3/t12-/m1/s1. The highest BCUT2D eigenvalue weighted by molar-refractivity contribution is 5.90. The molecule has 0 aliphatic carbocycles. The van der Waals surface area contributed by atoms with Crippen molar-refractivity contribution in [2.24, 2.45) is 0 Å². The lowest BCUT2D eigenvalue weighted by Gasteiger charge is -2.24. The van der Waals surface area contributed by atoms with Crippen molar-refractivity contribution in [1.29, 1.82) is 0 Å². The van der Waals surface area contributed by atoms with E-state index in [0.717, 1.165) is 0 Å². The second-order valence-corrected chi connectivity index (χ2v) is 5.79. The van der Waals surface area contributed by atoms with Gasteiger partial charge < -0.3 is 19.0 Å². The third-order valence-electron chi connectivity index (χ3n) is 4.34. The molecule has 0 saturated heterocycles. The van der Waals surface area contributed by atoms with Crippen LogP contribution in [0.2, 0.25) is 0 Å². The number of benzene rings is 2. The number of methoxy groups -OCH3 is 1. The summed E-state index contributed by atoms with van der Waals surface area (Å²) in [5.41, 5.74) is 0.780. The summed E-state index contributed by atoms with van der Waals surface area (Å²) < 4.78 is 15.9. The summed E-state index contributed by atoms with van der Waals surface area (Å²) in [6, 6.07) is 11.6. The van der Waals surface area contributed by atoms with E-state index in [9.17, 15) is 14.7 Å². The molecule has 2 heterocycles. The maximum Gasteiger partial charge on any atom is 0.343 e. The van der Waals surface area contributed by atoms with Crippen LogP contribution in [0.3, 0.4) is 0 Å². The molecule has 0 unspecified atom stereocenters. The molecule has 25 heavy (non-hydrogen) atoms. The van der Waals surface area contributed by atoms with Gasteiger partial charge in [-0.05, 0) is 29.8 Å². The highest BCUT2D eigenvalue weighted by Gasteiger charge is 2.34. The van der Waals surface area contributed by atoms with E-state index in [4.69, 9.17) is 13.9 Å². The van der Waals surface area contributed by atoms with Crippen molar-refractivity contribution in [3.05, 3.63) is 64.0 Å². The molecule has 1 aromatic heterocycles. The van der Waals surface area contributed by atoms with Crippen LogP contribution in [0.25, 0.3) is 11.0 Å². The first-order chi connectivity index (χ1) is 12.1. The first-order valence-corrected chi connectivity index (χ1v) is 7.72. The number of carbonyl (C=O) groups is 1. The number of esters is 1. The molecule has 126 valence electrons. The Morgan fingerprint density at radius 2 is 1.96 bits per heavy atom. The zero-order valence-electron chi connectivity index (χ0n) is 13.3. The monoisotopic (exact) mass is 338 g/mol. The third-order valence-corrected chi connectivity index (χ3v) is 4.34. The first-order valence-electron chi connectivity index (χ1n) is 7.72. The second-order valence-electron chi connectivity index (χ2n) is 5.79. The molecule has 1 atom stereocenters. The van der Waals surface area contributed by atoms with E-state index in [-0.39, 0.29) is 23.7 Å². The number of rotatable bonds is 2. The largest absolute Gasteiger partial charge is 0.504 e. The number of para-hydroxylation sites is 1. The van der Waals surface area contributed by atoms with E-state index in [1.54, 1.807) is 36.4 Å². The molecule has 4 rings (SSSR count). The number of fused-ring (bicyclic) bond motifs is 3. The van der Waals surface area contributed by atoms with Gasteiger partial charge in [-0.1, -0.05) is 18.2 Å². The Morgan fingerprint density at radius 3 is 2.76 bits per heavy atom. The van der Waals surface area contributed by atoms with Crippen molar-refractivity contribution < 1.29 is 23.8 Å². The molecule has 0 radical (unpaired) electrons. The van der Waals surface area contributed by atoms with Crippen LogP contribution in [-0.4, -0.2) is 18.2 Å². The summed E-state index contributed by atoms with van der Waals surface area (Å²) in [4.78, 5) is 24.7. The minimum absolute atomic E-state index is 0.00400. The molecule has 1 aliphatic heterocycles. The minimum Gasteiger partial charge on any atom is -0.504 e. The number of ether oxygens (including phenoxy) is 2. The minimum atomic E-state index is -0.543. The van der Waals surface area contributed by atoms with E-state index in [1.807, 2.05) is 0 Å². The topological polar surface area (TPSA) is 86.0 Å². The van der Waals surface area contributed by atoms with Gasteiger partial charge in [0.1, 0.15) is 5.58 Å². The Labute approximate surface area is 142 Å². The second kappa shape index (κ2) is 5.66. The van der Waals surface area contributed by atoms with Crippen molar-refractivity contribution in [2.45, 2.75) is 12.3 Å². The number of hydrogen-bond donors (Lipinski definition) is 1. The van der Waals surface area contributed by atoms with Gasteiger partial charge in [-0.25, -0.2) is 4.79 Å². The summed E-state index contributed by atoms with van der Waals surface area (Å²) in [7, 11) is 1.43. The highest BCUT2D eigenvalue weighted by atomic mass is 16.5. The Balaban J connectivity index is 1.97. The number of hydrogen-bond acceptors (Lipinski definition) is 6. The normalized spacial score (nSPS) is 16.4. The van der Waals surface area contributed by atoms with E-state index in [1.165, 1.54) is 13.2 Å². The maximum atomic E-state index is 12.6. The van der Waals surface area contributed by atoms with Crippen LogP contribution >= 0.6 is 0 Å². The van der Waals surface area contributed by atoms with Crippen molar-refractivity contribution >= 4 is 16.9 Å². The van der Waals surface area contributed by atoms with Crippen LogP contribution in [0.1, 0.15) is 23.5 Å². The van der Waals surface area contributed by atoms with Crippen molar-refractivity contribution in [2.75, 3.05) is 7.11 Å². The van der Waals surface area contributed by atoms with Crippen LogP contribution in [-0.2, 0) is 4.79 Å². The molecule has 6 heteroatoms. The van der Waals surface area contributed by atoms with Crippen LogP contribution in [0.5, 0.6) is 17.2 Å². The first kappa shape index (κ1) is 15.3. The Bertz CT molecular complexity index is 1050. The van der Waals surface area contributed by atoms with Crippen LogP contribution in [0, 0.1) is 0 Å². The van der Waals surface area contributed by atoms with Gasteiger partial charge in [0.25, 0.3) is 0 Å². The molecule has 0 spiro atoms. The van der Waals surface area contributed by atoms with Gasteiger partial charge in [-0.2, -0.15) is 0 Å². The molecule has 0 fully saturated rings. The fourth-order valence-electron chi connectivity index (χ4n) is 3.17. The lowest BCUT2D eigenvalue weighted by Crippen LogP contribution is -2.26. The summed E-state index contributed by atoms with van der Waals surface area (Å²) >= 11 is 0. The van der Waals surface area contributed by atoms with Crippen LogP contribution in [0.4, 0.5) is 0 Å². The van der Waals surface area contributed by atoms with Gasteiger partial charge in [-0.3, -0.25) is 4.79 Å². The third kappa shape index (κ3) is 2.42. The summed E-state index contributed by atoms with van der Waals surface area (Å²) in [6.07, 6.45) is 0.00400. The quantitative estimate of drug-likeness (QED) is 0.571. The molecule has 6 nitrogen and oxygen atoms in total. The van der Waals surface area contributed by atoms with Gasteiger partial charge in [-0.15, -0.1) is 0 Å². The molecular weight excluding hydrogens is 324 g/mol. The fraction of sp³-hybridized carbons (Fsp3) is 0.158. The summed E-state index contributed by atoms with van der Waals surface area (Å²) in [5.74, 6) is -0.481. The van der Waals surface area contributed by atoms with Gasteiger partial charge in [0, 0.05) is 5.92 Å². The molecule has 2 aromatic carbocycles. The van der Waals surface area contributed by atoms with E-state index in [2.05, 4.69) is 0 Å². The molecule has 1 N–H and O–H groups in total. The summed E-state index contributed by atoms with van der Waals surface area (Å²) in [5, 5.41) is 10.3. The van der Waals surface area contributed by atoms with Crippen LogP contribution < -0.4 is 15.1 Å². The molecular formula is C19H14O6. The number of phenols is 1. The van der Waals surface area contributed by atoms with Crippen molar-refractivity contribution in [3.8, 4) is 17.2 Å². The lowest BCUT2D eigenvalue weighted by molar-refractivity contribution is -0.135. The van der Waals surface area contributed by atoms with Gasteiger partial charge in [0.05, 0.1) is 24.5 Å². The average Bonchev–Trinajstić information content (AvgIpc) is 2.61. The van der Waals surface area contributed by atoms with Gasteiger partial charge in [0.15, 0.2) is 17.2 Å². The van der Waals surface area contributed by atoms with Gasteiger partial charge in [0.2, 0.25) is 0 Å². The zero-order chi connectivity index (χ0) is 17.6. The number of phenolic OH excluding ortho intramolecular Hbond substituents is 1. The Morgan fingerprint density at radius 1 is 1.16 bits per heavy atom. The Hall–Kier alpha value is -3.28.